The number of carbonyl (C=O) groups excluding carboxylic acids is 1. The normalized spacial score (nSPS) is 12.0. The highest BCUT2D eigenvalue weighted by molar-refractivity contribution is 6.33. The molecule has 0 aliphatic heterocycles. The number of hydrogen-bond donors (Lipinski definition) is 1. The van der Waals surface area contributed by atoms with Crippen molar-refractivity contribution >= 4 is 17.5 Å². The lowest BCUT2D eigenvalue weighted by atomic mass is 10.2. The predicted octanol–water partition coefficient (Wildman–Crippen LogP) is 2.29. The van der Waals surface area contributed by atoms with Gasteiger partial charge in [-0.2, -0.15) is 5.26 Å². The topological polar surface area (TPSA) is 78.7 Å². The van der Waals surface area contributed by atoms with Crippen molar-refractivity contribution in [1.82, 2.24) is 15.3 Å². The molecule has 18 heavy (non-hydrogen) atoms. The zero-order valence-electron chi connectivity index (χ0n) is 10.6. The third kappa shape index (κ3) is 3.67. The molecule has 0 aliphatic rings. The van der Waals surface area contributed by atoms with Gasteiger partial charge in [-0.1, -0.05) is 25.4 Å². The Labute approximate surface area is 111 Å². The van der Waals surface area contributed by atoms with Gasteiger partial charge in [0.1, 0.15) is 11.5 Å². The molecule has 0 aromatic carbocycles. The average molecular weight is 267 g/mol. The fraction of sp³-hybridized carbons (Fsp3) is 0.500. The number of nitrogens with one attached hydrogen (secondary N) is 1. The van der Waals surface area contributed by atoms with Crippen molar-refractivity contribution in [1.29, 1.82) is 5.26 Å². The number of nitrogens with zero attached hydrogens (tertiary/aromatic N) is 3. The van der Waals surface area contributed by atoms with E-state index in [4.69, 9.17) is 16.9 Å². The average Bonchev–Trinajstić information content (AvgIpc) is 2.29. The molecule has 6 heteroatoms. The summed E-state index contributed by atoms with van der Waals surface area (Å²) in [6.45, 7) is 5.62. The van der Waals surface area contributed by atoms with E-state index >= 15 is 0 Å². The Morgan fingerprint density at radius 1 is 1.56 bits per heavy atom. The largest absolute Gasteiger partial charge is 0.347 e. The molecule has 5 nitrogen and oxygen atoms in total. The summed E-state index contributed by atoms with van der Waals surface area (Å²) in [5, 5.41) is 11.4. The molecule has 0 spiro atoms. The van der Waals surface area contributed by atoms with E-state index in [1.807, 2.05) is 19.9 Å². The second-order valence-corrected chi connectivity index (χ2v) is 4.72. The molecule has 1 amide bonds. The maximum Gasteiger partial charge on any atom is 0.271 e. The Bertz CT molecular complexity index is 481. The van der Waals surface area contributed by atoms with Crippen molar-refractivity contribution in [3.63, 3.8) is 0 Å². The van der Waals surface area contributed by atoms with Crippen LogP contribution in [0.4, 0.5) is 0 Å². The first-order chi connectivity index (χ1) is 8.45. The molecule has 0 saturated heterocycles. The minimum Gasteiger partial charge on any atom is -0.347 e. The standard InChI is InChI=1S/C12H15ClN4O/c1-7(2)11-15-6-9(13)10(17-11)12(18)16-8(3)4-5-14/h6-8H,4H2,1-3H3,(H,16,18). The van der Waals surface area contributed by atoms with Crippen LogP contribution in [0, 0.1) is 11.3 Å². The van der Waals surface area contributed by atoms with Gasteiger partial charge in [-0.3, -0.25) is 4.79 Å². The quantitative estimate of drug-likeness (QED) is 0.907. The van der Waals surface area contributed by atoms with Gasteiger partial charge in [-0.15, -0.1) is 0 Å². The van der Waals surface area contributed by atoms with Crippen molar-refractivity contribution in [2.75, 3.05) is 0 Å². The molecule has 1 rings (SSSR count). The van der Waals surface area contributed by atoms with Gasteiger partial charge < -0.3 is 5.32 Å². The minimum atomic E-state index is -0.382. The molecule has 0 radical (unpaired) electrons. The summed E-state index contributed by atoms with van der Waals surface area (Å²) < 4.78 is 0. The third-order valence-electron chi connectivity index (χ3n) is 2.27. The molecule has 0 bridgehead atoms. The van der Waals surface area contributed by atoms with Crippen molar-refractivity contribution < 1.29 is 4.79 Å². The van der Waals surface area contributed by atoms with Gasteiger partial charge in [0, 0.05) is 12.0 Å². The fourth-order valence-corrected chi connectivity index (χ4v) is 1.48. The predicted molar refractivity (Wildman–Crippen MR) is 68.3 cm³/mol. The van der Waals surface area contributed by atoms with E-state index in [9.17, 15) is 4.79 Å². The van der Waals surface area contributed by atoms with Crippen LogP contribution >= 0.6 is 11.6 Å². The van der Waals surface area contributed by atoms with E-state index in [2.05, 4.69) is 15.3 Å². The first-order valence-electron chi connectivity index (χ1n) is 5.66. The van der Waals surface area contributed by atoms with E-state index < -0.39 is 0 Å². The monoisotopic (exact) mass is 266 g/mol. The molecule has 1 atom stereocenters. The van der Waals surface area contributed by atoms with E-state index in [1.165, 1.54) is 6.20 Å². The van der Waals surface area contributed by atoms with Crippen molar-refractivity contribution in [3.8, 4) is 6.07 Å². The van der Waals surface area contributed by atoms with Gasteiger partial charge in [-0.25, -0.2) is 9.97 Å². The van der Waals surface area contributed by atoms with E-state index in [-0.39, 0.29) is 35.0 Å². The zero-order chi connectivity index (χ0) is 13.7. The summed E-state index contributed by atoms with van der Waals surface area (Å²) in [7, 11) is 0. The molecule has 1 heterocycles. The number of carbonyl (C=O) groups is 1. The third-order valence-corrected chi connectivity index (χ3v) is 2.55. The van der Waals surface area contributed by atoms with Gasteiger partial charge in [0.25, 0.3) is 5.91 Å². The number of halogens is 1. The summed E-state index contributed by atoms with van der Waals surface area (Å²) >= 11 is 5.91. The number of aromatic nitrogens is 2. The Morgan fingerprint density at radius 2 is 2.22 bits per heavy atom. The Hall–Kier alpha value is -1.67. The van der Waals surface area contributed by atoms with E-state index in [0.717, 1.165) is 0 Å². The molecule has 0 fully saturated rings. The van der Waals surface area contributed by atoms with Gasteiger partial charge in [0.05, 0.1) is 23.7 Å². The highest BCUT2D eigenvalue weighted by Crippen LogP contribution is 2.16. The maximum atomic E-state index is 11.9. The highest BCUT2D eigenvalue weighted by Gasteiger charge is 2.17. The van der Waals surface area contributed by atoms with Crippen LogP contribution < -0.4 is 5.32 Å². The lowest BCUT2D eigenvalue weighted by Gasteiger charge is -2.12. The van der Waals surface area contributed by atoms with Gasteiger partial charge in [-0.05, 0) is 6.92 Å². The molecule has 1 unspecified atom stereocenters. The van der Waals surface area contributed by atoms with Crippen LogP contribution in [0.15, 0.2) is 6.20 Å². The lowest BCUT2D eigenvalue weighted by molar-refractivity contribution is 0.0935. The summed E-state index contributed by atoms with van der Waals surface area (Å²) in [5.41, 5.74) is 0.153. The highest BCUT2D eigenvalue weighted by atomic mass is 35.5. The maximum absolute atomic E-state index is 11.9. The smallest absolute Gasteiger partial charge is 0.271 e. The van der Waals surface area contributed by atoms with Gasteiger partial charge in [0.15, 0.2) is 0 Å². The van der Waals surface area contributed by atoms with Crippen LogP contribution in [-0.4, -0.2) is 21.9 Å². The molecule has 96 valence electrons. The van der Waals surface area contributed by atoms with Crippen molar-refractivity contribution in [2.24, 2.45) is 0 Å². The Balaban J connectivity index is 2.91. The molecule has 1 aromatic heterocycles. The minimum absolute atomic E-state index is 0.116. The lowest BCUT2D eigenvalue weighted by Crippen LogP contribution is -2.33. The van der Waals surface area contributed by atoms with Crippen LogP contribution in [0.5, 0.6) is 0 Å². The number of rotatable bonds is 4. The Kier molecular flexibility index (Phi) is 5.05. The first-order valence-corrected chi connectivity index (χ1v) is 6.03. The molecular formula is C12H15ClN4O. The summed E-state index contributed by atoms with van der Waals surface area (Å²) in [4.78, 5) is 20.1. The molecule has 1 N–H and O–H groups in total. The second kappa shape index (κ2) is 6.31. The fourth-order valence-electron chi connectivity index (χ4n) is 1.30. The molecule has 0 saturated carbocycles. The molecular weight excluding hydrogens is 252 g/mol. The number of nitriles is 1. The van der Waals surface area contributed by atoms with Crippen molar-refractivity contribution in [3.05, 3.63) is 22.7 Å². The van der Waals surface area contributed by atoms with E-state index in [1.54, 1.807) is 6.92 Å². The van der Waals surface area contributed by atoms with Crippen LogP contribution in [0.3, 0.4) is 0 Å². The van der Waals surface area contributed by atoms with Gasteiger partial charge in [0.2, 0.25) is 0 Å². The summed E-state index contributed by atoms with van der Waals surface area (Å²) in [6.07, 6.45) is 1.67. The zero-order valence-corrected chi connectivity index (χ0v) is 11.3. The molecule has 0 aliphatic carbocycles. The second-order valence-electron chi connectivity index (χ2n) is 4.32. The van der Waals surface area contributed by atoms with Crippen LogP contribution in [-0.2, 0) is 0 Å². The van der Waals surface area contributed by atoms with Crippen LogP contribution in [0.1, 0.15) is 49.4 Å². The first kappa shape index (κ1) is 14.4. The SMILES string of the molecule is CC(CC#N)NC(=O)c1nc(C(C)C)ncc1Cl. The number of hydrogen-bond acceptors (Lipinski definition) is 4. The van der Waals surface area contributed by atoms with Crippen LogP contribution in [0.25, 0.3) is 0 Å². The Morgan fingerprint density at radius 3 is 2.78 bits per heavy atom. The van der Waals surface area contributed by atoms with Crippen LogP contribution in [0.2, 0.25) is 5.02 Å². The number of amides is 1. The van der Waals surface area contributed by atoms with Crippen molar-refractivity contribution in [2.45, 2.75) is 39.2 Å². The van der Waals surface area contributed by atoms with E-state index in [0.29, 0.717) is 5.82 Å². The molecule has 1 aromatic rings. The van der Waals surface area contributed by atoms with Gasteiger partial charge >= 0.3 is 0 Å². The summed E-state index contributed by atoms with van der Waals surface area (Å²) in [6, 6.07) is 1.75. The summed E-state index contributed by atoms with van der Waals surface area (Å²) in [5.74, 6) is 0.301.